The van der Waals surface area contributed by atoms with E-state index in [2.05, 4.69) is 15.2 Å². The fourth-order valence-electron chi connectivity index (χ4n) is 5.56. The van der Waals surface area contributed by atoms with E-state index in [1.807, 2.05) is 23.6 Å². The first-order valence-corrected chi connectivity index (χ1v) is 17.1. The maximum Gasteiger partial charge on any atom is 0.338 e. The highest BCUT2D eigenvalue weighted by Crippen LogP contribution is 2.37. The van der Waals surface area contributed by atoms with Gasteiger partial charge < -0.3 is 14.0 Å². The number of aromatic nitrogens is 4. The van der Waals surface area contributed by atoms with Crippen LogP contribution >= 0.6 is 34.7 Å². The lowest BCUT2D eigenvalue weighted by molar-refractivity contribution is -0.384. The lowest BCUT2D eigenvalue weighted by atomic mass is 9.95. The van der Waals surface area contributed by atoms with Crippen LogP contribution in [0.2, 0.25) is 5.02 Å². The molecule has 0 bridgehead atoms. The molecule has 1 aliphatic rings. The topological polar surface area (TPSA) is 144 Å². The van der Waals surface area contributed by atoms with Crippen molar-refractivity contribution >= 4 is 52.4 Å². The average Bonchev–Trinajstić information content (AvgIpc) is 3.64. The maximum atomic E-state index is 14.3. The second-order valence-electron chi connectivity index (χ2n) is 10.7. The molecule has 6 rings (SSSR count). The van der Waals surface area contributed by atoms with Gasteiger partial charge in [0.2, 0.25) is 0 Å². The number of halogens is 1. The fraction of sp³-hybridized carbons (Fsp3) is 0.206. The molecule has 1 aliphatic heterocycles. The number of rotatable bonds is 10. The molecule has 3 heterocycles. The van der Waals surface area contributed by atoms with E-state index in [0.29, 0.717) is 54.8 Å². The first-order valence-electron chi connectivity index (χ1n) is 15.1. The van der Waals surface area contributed by atoms with Crippen LogP contribution in [0.4, 0.5) is 5.69 Å². The number of nitro groups is 1. The quantitative estimate of drug-likeness (QED) is 0.0996. The Morgan fingerprint density at radius 1 is 1.12 bits per heavy atom. The zero-order valence-electron chi connectivity index (χ0n) is 26.7. The summed E-state index contributed by atoms with van der Waals surface area (Å²) in [6.45, 7) is 6.05. The summed E-state index contributed by atoms with van der Waals surface area (Å²) in [7, 11) is 1.52. The van der Waals surface area contributed by atoms with Gasteiger partial charge in [-0.15, -0.1) is 10.2 Å². The molecular weight excluding hydrogens is 688 g/mol. The number of carbonyl (C=O) groups is 1. The van der Waals surface area contributed by atoms with Gasteiger partial charge in [-0.05, 0) is 68.4 Å². The normalized spacial score (nSPS) is 14.4. The highest BCUT2D eigenvalue weighted by molar-refractivity contribution is 7.99. The number of hydrogen-bond acceptors (Lipinski definition) is 11. The van der Waals surface area contributed by atoms with Crippen LogP contribution in [0, 0.1) is 10.1 Å². The molecule has 0 aliphatic carbocycles. The number of thiazole rings is 1. The largest absolute Gasteiger partial charge is 0.496 e. The number of nitro benzene ring substituents is 1. The summed E-state index contributed by atoms with van der Waals surface area (Å²) in [6, 6.07) is 18.0. The van der Waals surface area contributed by atoms with Crippen LogP contribution in [0.3, 0.4) is 0 Å². The van der Waals surface area contributed by atoms with E-state index in [0.717, 1.165) is 16.9 Å². The van der Waals surface area contributed by atoms with Crippen molar-refractivity contribution in [2.75, 3.05) is 13.7 Å². The molecule has 0 amide bonds. The Labute approximate surface area is 293 Å². The van der Waals surface area contributed by atoms with Crippen LogP contribution in [0.15, 0.2) is 97.8 Å². The van der Waals surface area contributed by atoms with Gasteiger partial charge >= 0.3 is 5.97 Å². The highest BCUT2D eigenvalue weighted by atomic mass is 35.5. The molecule has 5 aromatic rings. The summed E-state index contributed by atoms with van der Waals surface area (Å²) < 4.78 is 14.6. The van der Waals surface area contributed by atoms with Crippen molar-refractivity contribution in [3.05, 3.63) is 124 Å². The molecule has 3 aromatic carbocycles. The number of allylic oxidation sites excluding steroid dienone is 1. The third-order valence-electron chi connectivity index (χ3n) is 7.76. The van der Waals surface area contributed by atoms with Crippen molar-refractivity contribution in [3.63, 3.8) is 0 Å². The Morgan fingerprint density at radius 2 is 1.92 bits per heavy atom. The summed E-state index contributed by atoms with van der Waals surface area (Å²) >= 11 is 8.62. The number of fused-ring (bicyclic) bond motifs is 1. The van der Waals surface area contributed by atoms with E-state index in [1.165, 1.54) is 35.6 Å². The van der Waals surface area contributed by atoms with Gasteiger partial charge in [0.25, 0.3) is 11.2 Å². The number of nitrogens with zero attached hydrogens (tertiary/aromatic N) is 6. The van der Waals surface area contributed by atoms with Gasteiger partial charge in [0.05, 0.1) is 34.4 Å². The minimum atomic E-state index is -0.888. The third kappa shape index (κ3) is 6.54. The van der Waals surface area contributed by atoms with E-state index in [-0.39, 0.29) is 22.4 Å². The molecule has 2 aromatic heterocycles. The molecule has 250 valence electrons. The molecule has 0 saturated heterocycles. The number of carbonyl (C=O) groups excluding carboxylic acids is 1. The Hall–Kier alpha value is -5.05. The molecule has 15 heteroatoms. The Kier molecular flexibility index (Phi) is 9.81. The molecule has 49 heavy (non-hydrogen) atoms. The standard InChI is InChI=1S/C34H29ClN6O6S2/c1-5-39-30(20-10-9-11-22(35)16-20)37-38-34(39)48-26-15-14-23(41(44)45)17-21(26)18-27-31(42)40-29(24-12-7-8-13-25(24)46-4)28(32(43)47-6-2)19(3)36-33(40)49-27/h7-18,29H,5-6H2,1-4H3/b27-18+/t29-/m0/s1. The minimum absolute atomic E-state index is 0.137. The van der Waals surface area contributed by atoms with Gasteiger partial charge in [-0.1, -0.05) is 53.3 Å². The van der Waals surface area contributed by atoms with Crippen LogP contribution in [0.25, 0.3) is 17.5 Å². The van der Waals surface area contributed by atoms with Crippen molar-refractivity contribution in [1.82, 2.24) is 19.3 Å². The molecule has 12 nitrogen and oxygen atoms in total. The number of esters is 1. The number of hydrogen-bond donors (Lipinski definition) is 0. The van der Waals surface area contributed by atoms with Gasteiger partial charge in [-0.2, -0.15) is 0 Å². The summed E-state index contributed by atoms with van der Waals surface area (Å²) in [5.74, 6) is 0.505. The van der Waals surface area contributed by atoms with E-state index in [1.54, 1.807) is 62.4 Å². The number of non-ortho nitro benzene ring substituents is 1. The molecule has 0 saturated carbocycles. The zero-order chi connectivity index (χ0) is 34.8. The van der Waals surface area contributed by atoms with Crippen LogP contribution in [-0.4, -0.2) is 43.9 Å². The number of para-hydroxylation sites is 1. The van der Waals surface area contributed by atoms with E-state index in [9.17, 15) is 19.7 Å². The van der Waals surface area contributed by atoms with Crippen molar-refractivity contribution < 1.29 is 19.2 Å². The predicted molar refractivity (Wildman–Crippen MR) is 187 cm³/mol. The van der Waals surface area contributed by atoms with Gasteiger partial charge in [-0.3, -0.25) is 19.5 Å². The molecule has 0 fully saturated rings. The van der Waals surface area contributed by atoms with Crippen molar-refractivity contribution in [3.8, 4) is 17.1 Å². The Bertz CT molecular complexity index is 2330. The first-order chi connectivity index (χ1) is 23.6. The van der Waals surface area contributed by atoms with Crippen LogP contribution in [-0.2, 0) is 16.1 Å². The smallest absolute Gasteiger partial charge is 0.338 e. The van der Waals surface area contributed by atoms with E-state index >= 15 is 0 Å². The molecule has 0 radical (unpaired) electrons. The van der Waals surface area contributed by atoms with Crippen LogP contribution in [0.1, 0.15) is 37.9 Å². The zero-order valence-corrected chi connectivity index (χ0v) is 29.1. The second-order valence-corrected chi connectivity index (χ2v) is 13.1. The monoisotopic (exact) mass is 716 g/mol. The molecule has 0 N–H and O–H groups in total. The minimum Gasteiger partial charge on any atom is -0.496 e. The molecule has 0 unspecified atom stereocenters. The SMILES string of the molecule is CCOC(=O)C1=C(C)N=c2s/c(=C/c3cc([N+](=O)[O-])ccc3Sc3nnc(-c4cccc(Cl)c4)n3CC)c(=O)n2[C@H]1c1ccccc1OC. The van der Waals surface area contributed by atoms with Gasteiger partial charge in [0.15, 0.2) is 15.8 Å². The number of ether oxygens (including phenoxy) is 2. The summed E-state index contributed by atoms with van der Waals surface area (Å²) in [5, 5.41) is 21.8. The summed E-state index contributed by atoms with van der Waals surface area (Å²) in [6.07, 6.45) is 1.60. The van der Waals surface area contributed by atoms with E-state index in [4.69, 9.17) is 21.1 Å². The van der Waals surface area contributed by atoms with Gasteiger partial charge in [0.1, 0.15) is 11.8 Å². The average molecular weight is 717 g/mol. The third-order valence-corrected chi connectivity index (χ3v) is 10.1. The molecule has 1 atom stereocenters. The lowest BCUT2D eigenvalue weighted by Gasteiger charge is -2.25. The van der Waals surface area contributed by atoms with Crippen LogP contribution < -0.4 is 19.6 Å². The van der Waals surface area contributed by atoms with Gasteiger partial charge in [-0.25, -0.2) is 9.79 Å². The van der Waals surface area contributed by atoms with Crippen molar-refractivity contribution in [1.29, 1.82) is 0 Å². The first kappa shape index (κ1) is 33.8. The van der Waals surface area contributed by atoms with Crippen LogP contribution in [0.5, 0.6) is 5.75 Å². The van der Waals surface area contributed by atoms with Crippen molar-refractivity contribution in [2.45, 2.75) is 43.4 Å². The van der Waals surface area contributed by atoms with Gasteiger partial charge in [0, 0.05) is 39.7 Å². The second kappa shape index (κ2) is 14.2. The molecule has 0 spiro atoms. The maximum absolute atomic E-state index is 14.3. The Balaban J connectivity index is 1.51. The Morgan fingerprint density at radius 3 is 2.63 bits per heavy atom. The highest BCUT2D eigenvalue weighted by Gasteiger charge is 2.35. The lowest BCUT2D eigenvalue weighted by Crippen LogP contribution is -2.40. The predicted octanol–water partition coefficient (Wildman–Crippen LogP) is 5.80. The number of benzene rings is 3. The van der Waals surface area contributed by atoms with Crippen molar-refractivity contribution in [2.24, 2.45) is 4.99 Å². The van der Waals surface area contributed by atoms with E-state index < -0.39 is 22.5 Å². The summed E-state index contributed by atoms with van der Waals surface area (Å²) in [4.78, 5) is 44.6. The fourth-order valence-corrected chi connectivity index (χ4v) is 7.77. The number of methoxy groups -OCH3 is 1. The molecular formula is C34H29ClN6O6S2. The summed E-state index contributed by atoms with van der Waals surface area (Å²) in [5.41, 5.74) is 1.84.